The maximum atomic E-state index is 7.19. The zero-order chi connectivity index (χ0) is 23.3. The first kappa shape index (κ1) is 27.5. The molecule has 5 heteroatoms. The minimum absolute atomic E-state index is 0.188. The van der Waals surface area contributed by atoms with E-state index in [1.165, 1.54) is 0 Å². The highest BCUT2D eigenvalue weighted by molar-refractivity contribution is 6.77. The lowest BCUT2D eigenvalue weighted by Crippen LogP contribution is -2.55. The van der Waals surface area contributed by atoms with E-state index in [9.17, 15) is 0 Å². The molecule has 30 heavy (non-hydrogen) atoms. The van der Waals surface area contributed by atoms with E-state index in [2.05, 4.69) is 92.7 Å². The van der Waals surface area contributed by atoms with Crippen molar-refractivity contribution in [1.82, 2.24) is 5.32 Å². The van der Waals surface area contributed by atoms with Crippen molar-refractivity contribution in [2.24, 2.45) is 0 Å². The maximum absolute atomic E-state index is 7.19. The van der Waals surface area contributed by atoms with E-state index in [1.807, 2.05) is 0 Å². The van der Waals surface area contributed by atoms with Crippen LogP contribution in [0.3, 0.4) is 0 Å². The first-order valence-electron chi connectivity index (χ1n) is 11.9. The smallest absolute Gasteiger partial charge is 0.250 e. The minimum atomic E-state index is -1.94. The normalized spacial score (nSPS) is 21.2. The third-order valence-electron chi connectivity index (χ3n) is 7.38. The summed E-state index contributed by atoms with van der Waals surface area (Å²) in [6.07, 6.45) is 10.6. The zero-order valence-corrected chi connectivity index (χ0v) is 23.7. The molecule has 0 aromatic heterocycles. The standard InChI is InChI=1S/C25H49NO2Si2/c1-13-14-17-26-23-18-22(27-29(11,12)25(8,9)10)15-16-24(23)28-30(19(2)3,20(4)5)21(6)7/h1,15,19-21,23-24,26H,14,16-18H2,2-12H3/t23-,24-/m0/s1. The van der Waals surface area contributed by atoms with Crippen molar-refractivity contribution < 1.29 is 8.85 Å². The molecule has 0 fully saturated rings. The van der Waals surface area contributed by atoms with Crippen LogP contribution in [0.1, 0.15) is 81.6 Å². The highest BCUT2D eigenvalue weighted by Gasteiger charge is 2.48. The van der Waals surface area contributed by atoms with Gasteiger partial charge in [-0.15, -0.1) is 12.3 Å². The van der Waals surface area contributed by atoms with E-state index in [4.69, 9.17) is 15.3 Å². The molecule has 0 unspecified atom stereocenters. The fourth-order valence-electron chi connectivity index (χ4n) is 4.74. The number of nitrogens with one attached hydrogen (secondary N) is 1. The number of hydrogen-bond donors (Lipinski definition) is 1. The van der Waals surface area contributed by atoms with Crippen LogP contribution in [0.4, 0.5) is 0 Å². The quantitative estimate of drug-likeness (QED) is 0.216. The van der Waals surface area contributed by atoms with Gasteiger partial charge >= 0.3 is 0 Å². The largest absolute Gasteiger partial charge is 0.547 e. The van der Waals surface area contributed by atoms with Gasteiger partial charge in [-0.1, -0.05) is 62.3 Å². The maximum Gasteiger partial charge on any atom is 0.250 e. The van der Waals surface area contributed by atoms with E-state index in [1.54, 1.807) is 0 Å². The van der Waals surface area contributed by atoms with Crippen molar-refractivity contribution in [3.8, 4) is 12.3 Å². The van der Waals surface area contributed by atoms with Crippen LogP contribution in [-0.2, 0) is 8.85 Å². The van der Waals surface area contributed by atoms with Gasteiger partial charge in [0.05, 0.1) is 11.9 Å². The van der Waals surface area contributed by atoms with Gasteiger partial charge in [-0.25, -0.2) is 0 Å². The molecule has 0 aromatic carbocycles. The molecule has 174 valence electrons. The van der Waals surface area contributed by atoms with Gasteiger partial charge in [-0.3, -0.25) is 0 Å². The molecule has 0 spiro atoms. The molecule has 2 atom stereocenters. The molecule has 1 aliphatic carbocycles. The average molecular weight is 452 g/mol. The lowest BCUT2D eigenvalue weighted by molar-refractivity contribution is 0.116. The Hall–Kier alpha value is -0.546. The molecule has 0 heterocycles. The van der Waals surface area contributed by atoms with E-state index < -0.39 is 16.6 Å². The molecule has 0 aromatic rings. The Morgan fingerprint density at radius 2 is 1.63 bits per heavy atom. The number of rotatable bonds is 10. The Morgan fingerprint density at radius 3 is 2.07 bits per heavy atom. The van der Waals surface area contributed by atoms with Gasteiger partial charge in [-0.2, -0.15) is 0 Å². The van der Waals surface area contributed by atoms with Crippen LogP contribution < -0.4 is 5.32 Å². The molecule has 0 radical (unpaired) electrons. The van der Waals surface area contributed by atoms with Gasteiger partial charge in [0.2, 0.25) is 16.6 Å². The third kappa shape index (κ3) is 6.48. The van der Waals surface area contributed by atoms with E-state index in [0.717, 1.165) is 31.6 Å². The molecular weight excluding hydrogens is 402 g/mol. The summed E-state index contributed by atoms with van der Waals surface area (Å²) in [6.45, 7) is 26.5. The second-order valence-corrected chi connectivity index (χ2v) is 21.6. The molecule has 0 saturated heterocycles. The Bertz CT molecular complexity index is 590. The van der Waals surface area contributed by atoms with Crippen LogP contribution in [0.25, 0.3) is 0 Å². The van der Waals surface area contributed by atoms with Crippen LogP contribution in [-0.4, -0.2) is 35.3 Å². The van der Waals surface area contributed by atoms with Crippen LogP contribution >= 0.6 is 0 Å². The molecule has 0 aliphatic heterocycles. The number of terminal acetylenes is 1. The summed E-state index contributed by atoms with van der Waals surface area (Å²) in [5.74, 6) is 3.90. The van der Waals surface area contributed by atoms with Gasteiger partial charge in [0, 0.05) is 25.4 Å². The summed E-state index contributed by atoms with van der Waals surface area (Å²) in [4.78, 5) is 0. The lowest BCUT2D eigenvalue weighted by Gasteiger charge is -2.47. The molecule has 1 aliphatic rings. The van der Waals surface area contributed by atoms with Gasteiger partial charge in [-0.05, 0) is 47.3 Å². The monoisotopic (exact) mass is 451 g/mol. The Balaban J connectivity index is 3.14. The lowest BCUT2D eigenvalue weighted by atomic mass is 9.97. The van der Waals surface area contributed by atoms with Crippen molar-refractivity contribution in [2.45, 2.75) is 128 Å². The fourth-order valence-corrected chi connectivity index (χ4v) is 11.5. The predicted octanol–water partition coefficient (Wildman–Crippen LogP) is 7.23. The fraction of sp³-hybridized carbons (Fsp3) is 0.840. The summed E-state index contributed by atoms with van der Waals surface area (Å²) >= 11 is 0. The van der Waals surface area contributed by atoms with Crippen LogP contribution in [0.15, 0.2) is 11.8 Å². The molecule has 0 bridgehead atoms. The summed E-state index contributed by atoms with van der Waals surface area (Å²) in [5, 5.41) is 3.91. The van der Waals surface area contributed by atoms with Crippen molar-refractivity contribution in [3.63, 3.8) is 0 Å². The molecule has 1 rings (SSSR count). The molecule has 1 N–H and O–H groups in total. The summed E-state index contributed by atoms with van der Waals surface area (Å²) in [7, 11) is -3.79. The third-order valence-corrected chi connectivity index (χ3v) is 17.9. The van der Waals surface area contributed by atoms with Crippen LogP contribution in [0, 0.1) is 12.3 Å². The first-order valence-corrected chi connectivity index (χ1v) is 17.0. The molecular formula is C25H49NO2Si2. The first-order chi connectivity index (χ1) is 13.7. The average Bonchev–Trinajstić information content (AvgIpc) is 2.59. The van der Waals surface area contributed by atoms with Crippen molar-refractivity contribution in [1.29, 1.82) is 0 Å². The molecule has 0 saturated carbocycles. The highest BCUT2D eigenvalue weighted by Crippen LogP contribution is 2.45. The number of hydrogen-bond acceptors (Lipinski definition) is 3. The van der Waals surface area contributed by atoms with E-state index in [0.29, 0.717) is 16.6 Å². The second kappa shape index (κ2) is 10.9. The van der Waals surface area contributed by atoms with Crippen molar-refractivity contribution in [2.75, 3.05) is 6.54 Å². The summed E-state index contributed by atoms with van der Waals surface area (Å²) < 4.78 is 13.9. The van der Waals surface area contributed by atoms with Crippen LogP contribution in [0.5, 0.6) is 0 Å². The SMILES string of the molecule is C#CCCN[C@H]1CC(O[Si](C)(C)C(C)(C)C)=CC[C@@H]1O[Si](C(C)C)(C(C)C)C(C)C. The van der Waals surface area contributed by atoms with E-state index >= 15 is 0 Å². The Morgan fingerprint density at radius 1 is 1.10 bits per heavy atom. The zero-order valence-electron chi connectivity index (χ0n) is 21.7. The van der Waals surface area contributed by atoms with Gasteiger partial charge in [0.1, 0.15) is 0 Å². The van der Waals surface area contributed by atoms with Gasteiger partial charge < -0.3 is 14.2 Å². The van der Waals surface area contributed by atoms with Crippen molar-refractivity contribution >= 4 is 16.6 Å². The Labute approximate surface area is 190 Å². The highest BCUT2D eigenvalue weighted by atomic mass is 28.4. The van der Waals surface area contributed by atoms with Crippen LogP contribution in [0.2, 0.25) is 34.8 Å². The Kier molecular flexibility index (Phi) is 9.94. The van der Waals surface area contributed by atoms with Crippen molar-refractivity contribution in [3.05, 3.63) is 11.8 Å². The van der Waals surface area contributed by atoms with Gasteiger partial charge in [0.25, 0.3) is 0 Å². The summed E-state index contributed by atoms with van der Waals surface area (Å²) in [6, 6.07) is 0.256. The molecule has 0 amide bonds. The van der Waals surface area contributed by atoms with Gasteiger partial charge in [0.15, 0.2) is 0 Å². The predicted molar refractivity (Wildman–Crippen MR) is 137 cm³/mol. The summed E-state index contributed by atoms with van der Waals surface area (Å²) in [5.41, 5.74) is 1.74. The minimum Gasteiger partial charge on any atom is -0.547 e. The second-order valence-electron chi connectivity index (χ2n) is 11.5. The molecule has 3 nitrogen and oxygen atoms in total. The van der Waals surface area contributed by atoms with E-state index in [-0.39, 0.29) is 17.2 Å². The topological polar surface area (TPSA) is 30.5 Å².